The first-order valence-corrected chi connectivity index (χ1v) is 8.28. The van der Waals surface area contributed by atoms with E-state index < -0.39 is 0 Å². The van der Waals surface area contributed by atoms with Gasteiger partial charge in [-0.05, 0) is 38.1 Å². The van der Waals surface area contributed by atoms with Gasteiger partial charge in [0, 0.05) is 19.5 Å². The van der Waals surface area contributed by atoms with Crippen molar-refractivity contribution < 1.29 is 0 Å². The Morgan fingerprint density at radius 2 is 2.00 bits per heavy atom. The van der Waals surface area contributed by atoms with Crippen molar-refractivity contribution in [2.24, 2.45) is 5.41 Å². The van der Waals surface area contributed by atoms with Crippen molar-refractivity contribution in [1.82, 2.24) is 20.1 Å². The van der Waals surface area contributed by atoms with Crippen LogP contribution in [0.1, 0.15) is 65.6 Å². The van der Waals surface area contributed by atoms with Crippen LogP contribution in [0.4, 0.5) is 0 Å². The van der Waals surface area contributed by atoms with Crippen LogP contribution < -0.4 is 5.32 Å². The van der Waals surface area contributed by atoms with Crippen molar-refractivity contribution in [2.75, 3.05) is 13.1 Å². The molecule has 0 fully saturated rings. The summed E-state index contributed by atoms with van der Waals surface area (Å²) in [5.74, 6) is 1.14. The van der Waals surface area contributed by atoms with Gasteiger partial charge in [-0.3, -0.25) is 4.68 Å². The molecule has 0 bridgehead atoms. The van der Waals surface area contributed by atoms with Gasteiger partial charge >= 0.3 is 0 Å². The molecule has 4 nitrogen and oxygen atoms in total. The second-order valence-electron chi connectivity index (χ2n) is 5.80. The maximum absolute atomic E-state index is 4.48. The van der Waals surface area contributed by atoms with Crippen molar-refractivity contribution in [2.45, 2.75) is 72.8 Å². The van der Waals surface area contributed by atoms with Crippen LogP contribution in [-0.2, 0) is 13.0 Å². The van der Waals surface area contributed by atoms with Gasteiger partial charge in [0.1, 0.15) is 12.2 Å². The highest BCUT2D eigenvalue weighted by atomic mass is 15.3. The summed E-state index contributed by atoms with van der Waals surface area (Å²) in [7, 11) is 0. The zero-order valence-corrected chi connectivity index (χ0v) is 13.8. The number of aromatic nitrogens is 3. The SMILES string of the molecule is CCCCC(CC)(CNCCC)Cc1ncnn1CC. The average molecular weight is 280 g/mol. The summed E-state index contributed by atoms with van der Waals surface area (Å²) in [4.78, 5) is 4.48. The van der Waals surface area contributed by atoms with Crippen LogP contribution in [0.15, 0.2) is 6.33 Å². The quantitative estimate of drug-likeness (QED) is 0.632. The number of unbranched alkanes of at least 4 members (excludes halogenated alkanes) is 1. The summed E-state index contributed by atoms with van der Waals surface area (Å²) in [5.41, 5.74) is 0.325. The van der Waals surface area contributed by atoms with E-state index in [1.165, 1.54) is 32.1 Å². The third-order valence-corrected chi connectivity index (χ3v) is 4.27. The summed E-state index contributed by atoms with van der Waals surface area (Å²) in [6, 6.07) is 0. The molecule has 0 radical (unpaired) electrons. The molecule has 116 valence electrons. The molecule has 0 aliphatic heterocycles. The predicted octanol–water partition coefficient (Wildman–Crippen LogP) is 3.43. The van der Waals surface area contributed by atoms with Gasteiger partial charge in [0.05, 0.1) is 0 Å². The molecular formula is C16H32N4. The van der Waals surface area contributed by atoms with Gasteiger partial charge in [-0.25, -0.2) is 4.98 Å². The van der Waals surface area contributed by atoms with Crippen molar-refractivity contribution in [3.05, 3.63) is 12.2 Å². The lowest BCUT2D eigenvalue weighted by molar-refractivity contribution is 0.221. The lowest BCUT2D eigenvalue weighted by Crippen LogP contribution is -2.37. The van der Waals surface area contributed by atoms with Gasteiger partial charge in [0.2, 0.25) is 0 Å². The molecule has 1 heterocycles. The number of hydrogen-bond acceptors (Lipinski definition) is 3. The van der Waals surface area contributed by atoms with Crippen LogP contribution in [0.25, 0.3) is 0 Å². The first-order valence-electron chi connectivity index (χ1n) is 8.28. The largest absolute Gasteiger partial charge is 0.316 e. The van der Waals surface area contributed by atoms with E-state index in [9.17, 15) is 0 Å². The average Bonchev–Trinajstić information content (AvgIpc) is 2.91. The minimum Gasteiger partial charge on any atom is -0.316 e. The first-order chi connectivity index (χ1) is 9.71. The molecule has 1 N–H and O–H groups in total. The predicted molar refractivity (Wildman–Crippen MR) is 84.8 cm³/mol. The second kappa shape index (κ2) is 9.11. The minimum absolute atomic E-state index is 0.325. The molecule has 0 saturated carbocycles. The Kier molecular flexibility index (Phi) is 7.82. The van der Waals surface area contributed by atoms with Gasteiger partial charge in [-0.2, -0.15) is 5.10 Å². The fraction of sp³-hybridized carbons (Fsp3) is 0.875. The Hall–Kier alpha value is -0.900. The number of nitrogens with zero attached hydrogens (tertiary/aromatic N) is 3. The van der Waals surface area contributed by atoms with Crippen LogP contribution in [0.5, 0.6) is 0 Å². The Balaban J connectivity index is 2.78. The molecular weight excluding hydrogens is 248 g/mol. The van der Waals surface area contributed by atoms with Crippen molar-refractivity contribution in [1.29, 1.82) is 0 Å². The molecule has 1 rings (SSSR count). The fourth-order valence-corrected chi connectivity index (χ4v) is 2.77. The van der Waals surface area contributed by atoms with Gasteiger partial charge in [-0.15, -0.1) is 0 Å². The van der Waals surface area contributed by atoms with Gasteiger partial charge in [-0.1, -0.05) is 33.6 Å². The minimum atomic E-state index is 0.325. The zero-order chi connectivity index (χ0) is 14.8. The Bertz CT molecular complexity index is 361. The Morgan fingerprint density at radius 3 is 2.60 bits per heavy atom. The summed E-state index contributed by atoms with van der Waals surface area (Å²) >= 11 is 0. The molecule has 0 aliphatic carbocycles. The highest BCUT2D eigenvalue weighted by molar-refractivity contribution is 4.95. The molecule has 0 saturated heterocycles. The van der Waals surface area contributed by atoms with Crippen LogP contribution >= 0.6 is 0 Å². The van der Waals surface area contributed by atoms with E-state index in [4.69, 9.17) is 0 Å². The second-order valence-corrected chi connectivity index (χ2v) is 5.80. The van der Waals surface area contributed by atoms with E-state index in [-0.39, 0.29) is 0 Å². The molecule has 0 spiro atoms. The van der Waals surface area contributed by atoms with E-state index in [2.05, 4.69) is 43.1 Å². The molecule has 1 aromatic rings. The van der Waals surface area contributed by atoms with E-state index in [1.807, 2.05) is 4.68 Å². The molecule has 1 aromatic heterocycles. The maximum Gasteiger partial charge on any atom is 0.138 e. The molecule has 1 atom stereocenters. The Morgan fingerprint density at radius 1 is 1.20 bits per heavy atom. The van der Waals surface area contributed by atoms with E-state index >= 15 is 0 Å². The van der Waals surface area contributed by atoms with Crippen LogP contribution in [0.3, 0.4) is 0 Å². The lowest BCUT2D eigenvalue weighted by Gasteiger charge is -2.33. The topological polar surface area (TPSA) is 42.7 Å². The summed E-state index contributed by atoms with van der Waals surface area (Å²) in [6.07, 6.45) is 8.94. The van der Waals surface area contributed by atoms with Crippen LogP contribution in [0, 0.1) is 5.41 Å². The molecule has 20 heavy (non-hydrogen) atoms. The number of hydrogen-bond donors (Lipinski definition) is 1. The van der Waals surface area contributed by atoms with E-state index in [0.717, 1.165) is 31.9 Å². The first kappa shape index (κ1) is 17.2. The summed E-state index contributed by atoms with van der Waals surface area (Å²) < 4.78 is 2.04. The molecule has 0 amide bonds. The highest BCUT2D eigenvalue weighted by Crippen LogP contribution is 2.32. The molecule has 0 aromatic carbocycles. The summed E-state index contributed by atoms with van der Waals surface area (Å²) in [5, 5.41) is 7.94. The monoisotopic (exact) mass is 280 g/mol. The molecule has 1 unspecified atom stereocenters. The normalized spacial score (nSPS) is 14.4. The maximum atomic E-state index is 4.48. The van der Waals surface area contributed by atoms with Gasteiger partial charge < -0.3 is 5.32 Å². The molecule has 4 heteroatoms. The lowest BCUT2D eigenvalue weighted by atomic mass is 9.77. The zero-order valence-electron chi connectivity index (χ0n) is 13.8. The van der Waals surface area contributed by atoms with Crippen molar-refractivity contribution in [3.8, 4) is 0 Å². The Labute approximate surface area is 124 Å². The number of aryl methyl sites for hydroxylation is 1. The van der Waals surface area contributed by atoms with Gasteiger partial charge in [0.15, 0.2) is 0 Å². The van der Waals surface area contributed by atoms with E-state index in [1.54, 1.807) is 6.33 Å². The van der Waals surface area contributed by atoms with Crippen molar-refractivity contribution >= 4 is 0 Å². The van der Waals surface area contributed by atoms with Gasteiger partial charge in [0.25, 0.3) is 0 Å². The number of nitrogens with one attached hydrogen (secondary N) is 1. The summed E-state index contributed by atoms with van der Waals surface area (Å²) in [6.45, 7) is 12.0. The third-order valence-electron chi connectivity index (χ3n) is 4.27. The van der Waals surface area contributed by atoms with Crippen molar-refractivity contribution in [3.63, 3.8) is 0 Å². The van der Waals surface area contributed by atoms with E-state index in [0.29, 0.717) is 5.41 Å². The standard InChI is InChI=1S/C16H32N4/c1-5-9-10-16(7-3,13-17-11-6-2)12-15-18-14-19-20(15)8-4/h14,17H,5-13H2,1-4H3. The van der Waals surface area contributed by atoms with Crippen LogP contribution in [0.2, 0.25) is 0 Å². The number of rotatable bonds is 11. The van der Waals surface area contributed by atoms with Crippen LogP contribution in [-0.4, -0.2) is 27.9 Å². The highest BCUT2D eigenvalue weighted by Gasteiger charge is 2.29. The molecule has 0 aliphatic rings. The third kappa shape index (κ3) is 4.89. The smallest absolute Gasteiger partial charge is 0.138 e. The fourth-order valence-electron chi connectivity index (χ4n) is 2.77.